The van der Waals surface area contributed by atoms with Gasteiger partial charge >= 0.3 is 0 Å². The monoisotopic (exact) mass is 300 g/mol. The lowest BCUT2D eigenvalue weighted by atomic mass is 10.00. The highest BCUT2D eigenvalue weighted by molar-refractivity contribution is 7.99. The van der Waals surface area contributed by atoms with Gasteiger partial charge in [0.15, 0.2) is 0 Å². The Balaban J connectivity index is 2.13. The molecule has 2 rings (SSSR count). The van der Waals surface area contributed by atoms with Crippen LogP contribution in [-0.2, 0) is 0 Å². The van der Waals surface area contributed by atoms with Crippen LogP contribution in [0.1, 0.15) is 25.0 Å². The first kappa shape index (κ1) is 15.3. The molecule has 0 aliphatic rings. The molecule has 0 saturated heterocycles. The Morgan fingerprint density at radius 3 is 1.40 bits per heavy atom. The average molecular weight is 300 g/mol. The molecule has 0 nitrogen and oxygen atoms in total. The summed E-state index contributed by atoms with van der Waals surface area (Å²) in [6.07, 6.45) is 0. The van der Waals surface area contributed by atoms with Gasteiger partial charge in [0.05, 0.1) is 0 Å². The van der Waals surface area contributed by atoms with Gasteiger partial charge in [-0.2, -0.15) is 0 Å². The Morgan fingerprint density at radius 2 is 1.10 bits per heavy atom. The van der Waals surface area contributed by atoms with E-state index in [9.17, 15) is 0 Å². The zero-order valence-corrected chi connectivity index (χ0v) is 13.7. The second-order valence-corrected chi connectivity index (χ2v) is 7.07. The molecule has 0 bridgehead atoms. The molecule has 0 radical (unpaired) electrons. The van der Waals surface area contributed by atoms with Crippen LogP contribution >= 0.6 is 23.5 Å². The molecule has 0 aliphatic heterocycles. The lowest BCUT2D eigenvalue weighted by molar-refractivity contribution is 1.39. The molecule has 104 valence electrons. The molecule has 2 aromatic carbocycles. The fourth-order valence-electron chi connectivity index (χ4n) is 2.00. The molecule has 0 fully saturated rings. The van der Waals surface area contributed by atoms with Crippen molar-refractivity contribution in [2.45, 2.75) is 23.6 Å². The molecular formula is C18H20S2. The molecule has 0 N–H and O–H groups in total. The normalized spacial score (nSPS) is 10.5. The van der Waals surface area contributed by atoms with Crippen LogP contribution in [0, 0.1) is 0 Å². The number of benzene rings is 2. The number of rotatable bonds is 6. The van der Waals surface area contributed by atoms with Gasteiger partial charge < -0.3 is 0 Å². The zero-order valence-electron chi connectivity index (χ0n) is 12.1. The molecule has 0 saturated carbocycles. The minimum Gasteiger partial charge on any atom is -0.126 e. The molecule has 0 aromatic heterocycles. The Hall–Kier alpha value is -1.12. The smallest absolute Gasteiger partial charge is 0.00722 e. The van der Waals surface area contributed by atoms with E-state index in [4.69, 9.17) is 0 Å². The summed E-state index contributed by atoms with van der Waals surface area (Å²) in [7, 11) is 0. The van der Waals surface area contributed by atoms with Crippen LogP contribution in [0.15, 0.2) is 64.9 Å². The maximum atomic E-state index is 4.23. The molecule has 0 atom stereocenters. The summed E-state index contributed by atoms with van der Waals surface area (Å²) in [5, 5.41) is 0. The van der Waals surface area contributed by atoms with Crippen molar-refractivity contribution in [3.05, 3.63) is 66.2 Å². The molecule has 0 amide bonds. The SMILES string of the molecule is C=C(c1ccc(SCC)cc1)c1ccc(SCC)cc1. The van der Waals surface area contributed by atoms with E-state index in [0.29, 0.717) is 0 Å². The molecule has 0 heterocycles. The Morgan fingerprint density at radius 1 is 0.750 bits per heavy atom. The van der Waals surface area contributed by atoms with E-state index in [1.165, 1.54) is 20.9 Å². The predicted molar refractivity (Wildman–Crippen MR) is 93.8 cm³/mol. The largest absolute Gasteiger partial charge is 0.126 e. The van der Waals surface area contributed by atoms with Gasteiger partial charge in [-0.1, -0.05) is 44.7 Å². The molecule has 2 aromatic rings. The highest BCUT2D eigenvalue weighted by atomic mass is 32.2. The summed E-state index contributed by atoms with van der Waals surface area (Å²) >= 11 is 3.73. The van der Waals surface area contributed by atoms with E-state index in [1.807, 2.05) is 23.5 Å². The first-order valence-corrected chi connectivity index (χ1v) is 8.87. The third kappa shape index (κ3) is 3.94. The van der Waals surface area contributed by atoms with Crippen molar-refractivity contribution >= 4 is 29.1 Å². The maximum absolute atomic E-state index is 4.23. The van der Waals surface area contributed by atoms with E-state index in [0.717, 1.165) is 17.1 Å². The molecule has 0 spiro atoms. The van der Waals surface area contributed by atoms with E-state index < -0.39 is 0 Å². The summed E-state index contributed by atoms with van der Waals surface area (Å²) < 4.78 is 0. The molecule has 2 heteroatoms. The summed E-state index contributed by atoms with van der Waals surface area (Å²) in [5.41, 5.74) is 3.48. The Kier molecular flexibility index (Phi) is 5.81. The third-order valence-electron chi connectivity index (χ3n) is 3.03. The van der Waals surface area contributed by atoms with Gasteiger partial charge in [-0.05, 0) is 52.5 Å². The summed E-state index contributed by atoms with van der Waals surface area (Å²) in [6, 6.07) is 17.4. The summed E-state index contributed by atoms with van der Waals surface area (Å²) in [5.74, 6) is 2.22. The van der Waals surface area contributed by atoms with Gasteiger partial charge in [0, 0.05) is 9.79 Å². The quantitative estimate of drug-likeness (QED) is 0.603. The van der Waals surface area contributed by atoms with Gasteiger partial charge in [-0.3, -0.25) is 0 Å². The van der Waals surface area contributed by atoms with Gasteiger partial charge in [-0.25, -0.2) is 0 Å². The van der Waals surface area contributed by atoms with Crippen molar-refractivity contribution in [2.75, 3.05) is 11.5 Å². The lowest BCUT2D eigenvalue weighted by Crippen LogP contribution is -1.86. The Bertz CT molecular complexity index is 501. The standard InChI is InChI=1S/C18H20S2/c1-4-19-17-10-6-15(7-11-17)14(3)16-8-12-18(13-9-16)20-5-2/h6-13H,3-5H2,1-2H3. The van der Waals surface area contributed by atoms with E-state index in [2.05, 4.69) is 69.0 Å². The molecule has 0 unspecified atom stereocenters. The minimum atomic E-state index is 1.09. The molecule has 20 heavy (non-hydrogen) atoms. The van der Waals surface area contributed by atoms with Crippen molar-refractivity contribution in [3.8, 4) is 0 Å². The maximum Gasteiger partial charge on any atom is 0.00722 e. The van der Waals surface area contributed by atoms with Crippen LogP contribution in [0.4, 0.5) is 0 Å². The fourth-order valence-corrected chi connectivity index (χ4v) is 3.33. The highest BCUT2D eigenvalue weighted by Gasteiger charge is 2.03. The van der Waals surface area contributed by atoms with Crippen molar-refractivity contribution in [2.24, 2.45) is 0 Å². The van der Waals surface area contributed by atoms with Gasteiger partial charge in [-0.15, -0.1) is 23.5 Å². The first-order valence-electron chi connectivity index (χ1n) is 6.90. The lowest BCUT2D eigenvalue weighted by Gasteiger charge is -2.08. The predicted octanol–water partition coefficient (Wildman–Crippen LogP) is 5.97. The van der Waals surface area contributed by atoms with Gasteiger partial charge in [0.25, 0.3) is 0 Å². The molecule has 0 aliphatic carbocycles. The second-order valence-electron chi connectivity index (χ2n) is 4.39. The number of thioether (sulfide) groups is 2. The van der Waals surface area contributed by atoms with Crippen LogP contribution in [-0.4, -0.2) is 11.5 Å². The van der Waals surface area contributed by atoms with E-state index in [-0.39, 0.29) is 0 Å². The highest BCUT2D eigenvalue weighted by Crippen LogP contribution is 2.26. The van der Waals surface area contributed by atoms with Crippen molar-refractivity contribution in [1.29, 1.82) is 0 Å². The van der Waals surface area contributed by atoms with Crippen molar-refractivity contribution in [3.63, 3.8) is 0 Å². The minimum absolute atomic E-state index is 1.09. The topological polar surface area (TPSA) is 0 Å². The molecular weight excluding hydrogens is 280 g/mol. The zero-order chi connectivity index (χ0) is 14.4. The summed E-state index contributed by atoms with van der Waals surface area (Å²) in [4.78, 5) is 2.64. The van der Waals surface area contributed by atoms with Crippen LogP contribution in [0.5, 0.6) is 0 Å². The average Bonchev–Trinajstić information content (AvgIpc) is 2.49. The van der Waals surface area contributed by atoms with Crippen molar-refractivity contribution < 1.29 is 0 Å². The van der Waals surface area contributed by atoms with Crippen LogP contribution < -0.4 is 0 Å². The van der Waals surface area contributed by atoms with Crippen LogP contribution in [0.2, 0.25) is 0 Å². The van der Waals surface area contributed by atoms with Crippen LogP contribution in [0.3, 0.4) is 0 Å². The number of hydrogen-bond acceptors (Lipinski definition) is 2. The second kappa shape index (κ2) is 7.61. The first-order chi connectivity index (χ1) is 9.74. The summed E-state index contributed by atoms with van der Waals surface area (Å²) in [6.45, 7) is 8.58. The number of hydrogen-bond donors (Lipinski definition) is 0. The van der Waals surface area contributed by atoms with Crippen LogP contribution in [0.25, 0.3) is 5.57 Å². The van der Waals surface area contributed by atoms with Crippen molar-refractivity contribution in [1.82, 2.24) is 0 Å². The van der Waals surface area contributed by atoms with E-state index in [1.54, 1.807) is 0 Å². The van der Waals surface area contributed by atoms with E-state index >= 15 is 0 Å². The van der Waals surface area contributed by atoms with Gasteiger partial charge in [0.1, 0.15) is 0 Å². The Labute approximate surface area is 130 Å². The third-order valence-corrected chi connectivity index (χ3v) is 4.82. The fraction of sp³-hybridized carbons (Fsp3) is 0.222. The van der Waals surface area contributed by atoms with Gasteiger partial charge in [0.2, 0.25) is 0 Å².